The molecule has 4 saturated heterocycles. The zero-order valence-electron chi connectivity index (χ0n) is 45.6. The highest BCUT2D eigenvalue weighted by Gasteiger charge is 2.55. The molecular formula is C55H90O18. The highest BCUT2D eigenvalue weighted by Crippen LogP contribution is 2.46. The summed E-state index contributed by atoms with van der Waals surface area (Å²) in [5.74, 6) is -7.76. The van der Waals surface area contributed by atoms with Crippen LogP contribution in [0.3, 0.4) is 0 Å². The molecule has 5 aliphatic heterocycles. The van der Waals surface area contributed by atoms with Crippen LogP contribution in [0.25, 0.3) is 0 Å². The Bertz CT molecular complexity index is 1850. The molecule has 0 aromatic rings. The number of cyclic esters (lactones) is 2. The van der Waals surface area contributed by atoms with E-state index in [2.05, 4.69) is 0 Å². The predicted molar refractivity (Wildman–Crippen MR) is 268 cm³/mol. The van der Waals surface area contributed by atoms with Gasteiger partial charge in [-0.1, -0.05) is 91.8 Å². The normalized spacial score (nSPS) is 43.8. The predicted octanol–water partition coefficient (Wildman–Crippen LogP) is 5.04. The van der Waals surface area contributed by atoms with Crippen molar-refractivity contribution < 1.29 is 87.6 Å². The fourth-order valence-corrected chi connectivity index (χ4v) is 11.7. The van der Waals surface area contributed by atoms with Crippen molar-refractivity contribution >= 4 is 11.9 Å². The molecule has 5 aliphatic rings. The highest BCUT2D eigenvalue weighted by molar-refractivity contribution is 5.83. The smallest absolute Gasteiger partial charge is 0.331 e. The molecule has 0 aliphatic carbocycles. The number of aliphatic hydroxyl groups excluding tert-OH is 6. The van der Waals surface area contributed by atoms with Crippen LogP contribution in [0.15, 0.2) is 48.6 Å². The molecule has 0 amide bonds. The average Bonchev–Trinajstić information content (AvgIpc) is 3.35. The van der Waals surface area contributed by atoms with Crippen LogP contribution >= 0.6 is 0 Å². The average molecular weight is 1040 g/mol. The molecule has 0 spiro atoms. The van der Waals surface area contributed by atoms with Gasteiger partial charge in [-0.15, -0.1) is 0 Å². The lowest BCUT2D eigenvalue weighted by molar-refractivity contribution is -0.352. The van der Waals surface area contributed by atoms with E-state index in [1.54, 1.807) is 52.0 Å². The Morgan fingerprint density at radius 2 is 1.00 bits per heavy atom. The Morgan fingerprint density at radius 1 is 0.603 bits per heavy atom. The van der Waals surface area contributed by atoms with Gasteiger partial charge < -0.3 is 78.0 Å². The standard InChI is InChI=1S/C55H90O18/c1-15-39-36(10)73-55(65-14,27-43(39)69-47-25-41(57)51(63)38(12)67-47)34(8)49(61)32(6)53-29(3)21-17-19-22-44(58)70-52(28(2)20-16-18-23-45(59)71-53)31(5)48(60)33(7)54(64-13)26-42(30(4)35(9)72-54)68-46-24-40(56)50(62)37(11)66-46/h16-23,28-43,46-53,56-57,60-63H,15,24-27H2,1-14H3/t28-,29-,30+,31-,32-,33-,34-,35+,36+,37-,38-,39+,40-,41-,42+,43+,46-,47-,48+,49+,50+,51+,52-,53-,54+,55+/m0/s1. The van der Waals surface area contributed by atoms with Gasteiger partial charge in [-0.3, -0.25) is 0 Å². The molecule has 5 rings (SSSR count). The van der Waals surface area contributed by atoms with Crippen LogP contribution in [0.5, 0.6) is 0 Å². The molecule has 0 saturated carbocycles. The molecule has 18 nitrogen and oxygen atoms in total. The number of methoxy groups -OCH3 is 2. The second-order valence-corrected chi connectivity index (χ2v) is 21.8. The van der Waals surface area contributed by atoms with Crippen LogP contribution in [-0.4, -0.2) is 166 Å². The van der Waals surface area contributed by atoms with E-state index in [0.29, 0.717) is 6.42 Å². The lowest BCUT2D eigenvalue weighted by Crippen LogP contribution is -2.60. The van der Waals surface area contributed by atoms with Crippen molar-refractivity contribution in [3.63, 3.8) is 0 Å². The van der Waals surface area contributed by atoms with E-state index < -0.39 is 145 Å². The van der Waals surface area contributed by atoms with E-state index in [1.165, 1.54) is 38.5 Å². The second-order valence-electron chi connectivity index (χ2n) is 21.8. The second kappa shape index (κ2) is 26.6. The monoisotopic (exact) mass is 1040 g/mol. The summed E-state index contributed by atoms with van der Waals surface area (Å²) in [5.41, 5.74) is 0. The van der Waals surface area contributed by atoms with Gasteiger partial charge in [-0.05, 0) is 34.1 Å². The molecule has 0 bridgehead atoms. The molecule has 18 heteroatoms. The topological polar surface area (TPSA) is 248 Å². The summed E-state index contributed by atoms with van der Waals surface area (Å²) in [6.07, 6.45) is 1.30. The minimum atomic E-state index is -1.33. The molecule has 0 aromatic heterocycles. The summed E-state index contributed by atoms with van der Waals surface area (Å²) < 4.78 is 62.5. The number of allylic oxidation sites excluding steroid dienone is 4. The van der Waals surface area contributed by atoms with Crippen LogP contribution in [0.2, 0.25) is 0 Å². The van der Waals surface area contributed by atoms with E-state index in [9.17, 15) is 40.2 Å². The Labute approximate surface area is 433 Å². The van der Waals surface area contributed by atoms with Crippen LogP contribution in [0, 0.1) is 47.3 Å². The van der Waals surface area contributed by atoms with Gasteiger partial charge in [0.25, 0.3) is 0 Å². The number of ether oxygens (including phenoxy) is 10. The van der Waals surface area contributed by atoms with Crippen molar-refractivity contribution in [1.29, 1.82) is 0 Å². The van der Waals surface area contributed by atoms with Gasteiger partial charge in [0.1, 0.15) is 24.4 Å². The van der Waals surface area contributed by atoms with E-state index in [0.717, 1.165) is 0 Å². The van der Waals surface area contributed by atoms with Crippen LogP contribution in [-0.2, 0) is 57.0 Å². The van der Waals surface area contributed by atoms with Crippen LogP contribution in [0.4, 0.5) is 0 Å². The molecule has 26 atom stereocenters. The lowest BCUT2D eigenvalue weighted by atomic mass is 9.76. The van der Waals surface area contributed by atoms with Crippen molar-refractivity contribution in [3.05, 3.63) is 48.6 Å². The minimum absolute atomic E-state index is 0.0682. The molecule has 5 heterocycles. The molecule has 0 radical (unpaired) electrons. The van der Waals surface area contributed by atoms with E-state index >= 15 is 0 Å². The maximum Gasteiger partial charge on any atom is 0.331 e. The van der Waals surface area contributed by atoms with Gasteiger partial charge in [0, 0.05) is 99.4 Å². The van der Waals surface area contributed by atoms with Crippen LogP contribution < -0.4 is 0 Å². The fraction of sp³-hybridized carbons (Fsp3) is 0.818. The zero-order chi connectivity index (χ0) is 54.3. The Hall–Kier alpha value is -2.66. The van der Waals surface area contributed by atoms with Gasteiger partial charge in [0.2, 0.25) is 0 Å². The summed E-state index contributed by atoms with van der Waals surface area (Å²) >= 11 is 0. The summed E-state index contributed by atoms with van der Waals surface area (Å²) in [4.78, 5) is 27.2. The molecule has 6 N–H and O–H groups in total. The zero-order valence-corrected chi connectivity index (χ0v) is 45.6. The summed E-state index contributed by atoms with van der Waals surface area (Å²) in [6.45, 7) is 22.1. The van der Waals surface area contributed by atoms with E-state index in [4.69, 9.17) is 47.4 Å². The highest BCUT2D eigenvalue weighted by atomic mass is 16.7. The summed E-state index contributed by atoms with van der Waals surface area (Å²) in [7, 11) is 3.04. The third-order valence-electron chi connectivity index (χ3n) is 16.9. The first-order chi connectivity index (χ1) is 34.3. The quantitative estimate of drug-likeness (QED) is 0.118. The third kappa shape index (κ3) is 14.5. The largest absolute Gasteiger partial charge is 0.458 e. The Morgan fingerprint density at radius 3 is 1.40 bits per heavy atom. The maximum absolute atomic E-state index is 13.6. The summed E-state index contributed by atoms with van der Waals surface area (Å²) in [6, 6.07) is 0. The number of aliphatic hydroxyl groups is 6. The van der Waals surface area contributed by atoms with E-state index in [-0.39, 0.29) is 49.7 Å². The first kappa shape index (κ1) is 61.2. The number of carbonyl (C=O) groups excluding carboxylic acids is 2. The van der Waals surface area contributed by atoms with Gasteiger partial charge in [0.15, 0.2) is 24.2 Å². The Balaban J connectivity index is 1.30. The summed E-state index contributed by atoms with van der Waals surface area (Å²) in [5, 5.41) is 65.9. The number of carbonyl (C=O) groups is 2. The molecule has 73 heavy (non-hydrogen) atoms. The Kier molecular flexibility index (Phi) is 22.3. The molecular weight excluding hydrogens is 949 g/mol. The van der Waals surface area contributed by atoms with Crippen molar-refractivity contribution in [3.8, 4) is 0 Å². The minimum Gasteiger partial charge on any atom is -0.458 e. The molecule has 418 valence electrons. The number of hydrogen-bond acceptors (Lipinski definition) is 18. The van der Waals surface area contributed by atoms with Crippen LogP contribution in [0.1, 0.15) is 115 Å². The first-order valence-corrected chi connectivity index (χ1v) is 26.6. The number of hydrogen-bond donors (Lipinski definition) is 6. The SMILES string of the molecule is CC[C@@H]1[C@@H](C)O[C@@](OC)([C@@H](C)[C@H](O)[C@H](C)[C@H]2OC(=O)C=CC=C[C@H](C)[C@@H]([C@@H](C)[C@@H](O)[C@H](C)[C@@]3(OC)C[C@@H](O[C@H]4C[C@H](O)[C@H](O)[C@H](C)O4)[C@H](C)[C@@H](C)O3)OC(=O)C=CC=C[C@@H]2C)C[C@H]1O[C@H]1C[C@H](O)[C@H](O)[C@H](C)O1. The van der Waals surface area contributed by atoms with Gasteiger partial charge in [-0.2, -0.15) is 0 Å². The number of esters is 2. The van der Waals surface area contributed by atoms with Crippen molar-refractivity contribution in [1.82, 2.24) is 0 Å². The fourth-order valence-electron chi connectivity index (χ4n) is 11.7. The van der Waals surface area contributed by atoms with Crippen molar-refractivity contribution in [2.75, 3.05) is 14.2 Å². The van der Waals surface area contributed by atoms with Gasteiger partial charge in [0.05, 0.1) is 61.0 Å². The lowest BCUT2D eigenvalue weighted by Gasteiger charge is -2.52. The first-order valence-electron chi connectivity index (χ1n) is 26.6. The molecule has 4 fully saturated rings. The van der Waals surface area contributed by atoms with Gasteiger partial charge in [-0.25, -0.2) is 9.59 Å². The maximum atomic E-state index is 13.6. The van der Waals surface area contributed by atoms with Crippen molar-refractivity contribution in [2.24, 2.45) is 47.3 Å². The number of rotatable bonds is 15. The van der Waals surface area contributed by atoms with Gasteiger partial charge >= 0.3 is 11.9 Å². The third-order valence-corrected chi connectivity index (χ3v) is 16.9. The molecule has 0 aromatic carbocycles. The van der Waals surface area contributed by atoms with Crippen molar-refractivity contribution in [2.45, 2.75) is 225 Å². The van der Waals surface area contributed by atoms with E-state index in [1.807, 2.05) is 55.4 Å². The molecule has 0 unspecified atom stereocenters.